The average molecular weight is 496 g/mol. The molecule has 3 amide bonds. The smallest absolute Gasteiger partial charge is 0.318 e. The molecule has 176 valence electrons. The lowest BCUT2D eigenvalue weighted by Crippen LogP contribution is -2.30. The highest BCUT2D eigenvalue weighted by atomic mass is 35.5. The minimum Gasteiger partial charge on any atom is -0.318 e. The van der Waals surface area contributed by atoms with Crippen molar-refractivity contribution in [2.24, 2.45) is 0 Å². The van der Waals surface area contributed by atoms with Crippen molar-refractivity contribution < 1.29 is 9.59 Å². The van der Waals surface area contributed by atoms with Gasteiger partial charge in [-0.15, -0.1) is 0 Å². The molecule has 1 N–H and O–H groups in total. The summed E-state index contributed by atoms with van der Waals surface area (Å²) in [5, 5.41) is 3.63. The van der Waals surface area contributed by atoms with Gasteiger partial charge in [-0.2, -0.15) is 0 Å². The minimum atomic E-state index is -0.487. The van der Waals surface area contributed by atoms with Crippen LogP contribution < -0.4 is 5.32 Å². The summed E-state index contributed by atoms with van der Waals surface area (Å²) in [6.45, 7) is 10.6. The second kappa shape index (κ2) is 8.97. The molecule has 5 nitrogen and oxygen atoms in total. The van der Waals surface area contributed by atoms with E-state index in [1.165, 1.54) is 5.56 Å². The van der Waals surface area contributed by atoms with Gasteiger partial charge in [-0.1, -0.05) is 56.1 Å². The van der Waals surface area contributed by atoms with Crippen LogP contribution in [0.1, 0.15) is 48.8 Å². The molecule has 1 aromatic heterocycles. The van der Waals surface area contributed by atoms with Crippen molar-refractivity contribution in [1.82, 2.24) is 14.8 Å². The van der Waals surface area contributed by atoms with E-state index in [0.29, 0.717) is 15.6 Å². The number of aryl methyl sites for hydroxylation is 1. The molecule has 4 rings (SSSR count). The zero-order valence-electron chi connectivity index (χ0n) is 19.9. The predicted octanol–water partition coefficient (Wildman–Crippen LogP) is 6.79. The molecule has 2 heterocycles. The number of nitrogens with zero attached hydrogens (tertiary/aromatic N) is 2. The van der Waals surface area contributed by atoms with Crippen molar-refractivity contribution in [1.29, 1.82) is 0 Å². The van der Waals surface area contributed by atoms with E-state index in [1.54, 1.807) is 24.3 Å². The molecule has 0 atom stereocenters. The first-order valence-electron chi connectivity index (χ1n) is 11.0. The largest absolute Gasteiger partial charge is 0.329 e. The Kier molecular flexibility index (Phi) is 6.36. The second-order valence-corrected chi connectivity index (χ2v) is 10.4. The van der Waals surface area contributed by atoms with Crippen molar-refractivity contribution in [3.8, 4) is 5.69 Å². The van der Waals surface area contributed by atoms with Crippen LogP contribution in [0.4, 0.5) is 4.79 Å². The Bertz CT molecular complexity index is 1310. The Hall–Kier alpha value is -3.02. The Morgan fingerprint density at radius 3 is 2.29 bits per heavy atom. The van der Waals surface area contributed by atoms with Crippen molar-refractivity contribution in [3.63, 3.8) is 0 Å². The van der Waals surface area contributed by atoms with E-state index < -0.39 is 11.9 Å². The fraction of sp³-hybridized carbons (Fsp3) is 0.259. The quantitative estimate of drug-likeness (QED) is 0.319. The number of rotatable bonds is 4. The van der Waals surface area contributed by atoms with Crippen molar-refractivity contribution in [2.75, 3.05) is 0 Å². The fourth-order valence-electron chi connectivity index (χ4n) is 4.15. The third-order valence-corrected chi connectivity index (χ3v) is 6.66. The third kappa shape index (κ3) is 4.63. The Labute approximate surface area is 210 Å². The number of carbonyl (C=O) groups is 2. The van der Waals surface area contributed by atoms with Gasteiger partial charge < -0.3 is 9.88 Å². The van der Waals surface area contributed by atoms with Gasteiger partial charge in [0.25, 0.3) is 5.91 Å². The molecule has 1 fully saturated rings. The first-order chi connectivity index (χ1) is 16.0. The maximum absolute atomic E-state index is 13.0. The van der Waals surface area contributed by atoms with E-state index in [4.69, 9.17) is 23.2 Å². The molecule has 1 aliphatic heterocycles. The van der Waals surface area contributed by atoms with Gasteiger partial charge in [0.05, 0.1) is 6.54 Å². The average Bonchev–Trinajstić information content (AvgIpc) is 3.19. The Balaban J connectivity index is 1.62. The summed E-state index contributed by atoms with van der Waals surface area (Å²) in [5.74, 6) is -0.402. The van der Waals surface area contributed by atoms with Crippen molar-refractivity contribution in [2.45, 2.75) is 46.6 Å². The maximum atomic E-state index is 13.0. The van der Waals surface area contributed by atoms with Crippen LogP contribution in [0, 0.1) is 13.8 Å². The number of hydrogen-bond donors (Lipinski definition) is 1. The third-order valence-electron chi connectivity index (χ3n) is 6.06. The molecule has 0 saturated carbocycles. The van der Waals surface area contributed by atoms with Crippen LogP contribution >= 0.6 is 23.2 Å². The first kappa shape index (κ1) is 24.1. The summed E-state index contributed by atoms with van der Waals surface area (Å²) in [4.78, 5) is 26.7. The highest BCUT2D eigenvalue weighted by molar-refractivity contribution is 6.33. The van der Waals surface area contributed by atoms with E-state index in [0.717, 1.165) is 27.5 Å². The summed E-state index contributed by atoms with van der Waals surface area (Å²) in [6.07, 6.45) is 1.72. The highest BCUT2D eigenvalue weighted by Crippen LogP contribution is 2.28. The van der Waals surface area contributed by atoms with Gasteiger partial charge in [0.2, 0.25) is 0 Å². The lowest BCUT2D eigenvalue weighted by Gasteiger charge is -2.20. The first-order valence-corrected chi connectivity index (χ1v) is 11.8. The number of urea groups is 1. The fourth-order valence-corrected chi connectivity index (χ4v) is 4.52. The van der Waals surface area contributed by atoms with Gasteiger partial charge in [-0.25, -0.2) is 4.79 Å². The van der Waals surface area contributed by atoms with Gasteiger partial charge in [0.15, 0.2) is 0 Å². The highest BCUT2D eigenvalue weighted by Gasteiger charge is 2.34. The van der Waals surface area contributed by atoms with E-state index in [1.807, 2.05) is 19.9 Å². The molecule has 34 heavy (non-hydrogen) atoms. The molecule has 1 aliphatic rings. The zero-order valence-corrected chi connectivity index (χ0v) is 21.4. The maximum Gasteiger partial charge on any atom is 0.329 e. The number of hydrogen-bond acceptors (Lipinski definition) is 2. The number of benzene rings is 2. The summed E-state index contributed by atoms with van der Waals surface area (Å²) in [5.41, 5.74) is 6.11. The molecular formula is C27H27Cl2N3O2. The molecule has 0 bridgehead atoms. The molecular weight excluding hydrogens is 469 g/mol. The van der Waals surface area contributed by atoms with Gasteiger partial charge in [0.1, 0.15) is 5.70 Å². The number of nitrogens with one attached hydrogen (secondary N) is 1. The monoisotopic (exact) mass is 495 g/mol. The van der Waals surface area contributed by atoms with Gasteiger partial charge in [-0.3, -0.25) is 9.69 Å². The zero-order chi connectivity index (χ0) is 24.8. The molecule has 0 spiro atoms. The summed E-state index contributed by atoms with van der Waals surface area (Å²) in [6, 6.07) is 15.0. The van der Waals surface area contributed by atoms with E-state index in [9.17, 15) is 9.59 Å². The minimum absolute atomic E-state index is 0.0422. The summed E-state index contributed by atoms with van der Waals surface area (Å²) in [7, 11) is 0. The summed E-state index contributed by atoms with van der Waals surface area (Å²) < 4.78 is 2.14. The molecule has 0 aliphatic carbocycles. The predicted molar refractivity (Wildman–Crippen MR) is 137 cm³/mol. The normalized spacial score (nSPS) is 15.4. The second-order valence-electron chi connectivity index (χ2n) is 9.57. The molecule has 7 heteroatoms. The van der Waals surface area contributed by atoms with Crippen LogP contribution in [0.2, 0.25) is 10.0 Å². The van der Waals surface area contributed by atoms with Crippen molar-refractivity contribution in [3.05, 3.63) is 92.4 Å². The number of imide groups is 1. The van der Waals surface area contributed by atoms with Gasteiger partial charge in [0, 0.05) is 27.1 Å². The van der Waals surface area contributed by atoms with Crippen LogP contribution in [0.25, 0.3) is 11.8 Å². The number of aromatic nitrogens is 1. The standard InChI is InChI=1S/C27H27Cl2N3O2/c1-16-12-18(17(2)32(16)22-9-6-20(7-10-22)27(3,4)5)14-24-25(33)31(26(34)30-24)15-19-13-21(28)8-11-23(19)29/h6-14H,15H2,1-5H3,(H,30,34). The number of carbonyl (C=O) groups excluding carboxylic acids is 2. The van der Waals surface area contributed by atoms with Gasteiger partial charge >= 0.3 is 6.03 Å². The van der Waals surface area contributed by atoms with Crippen LogP contribution in [-0.4, -0.2) is 21.4 Å². The van der Waals surface area contributed by atoms with Crippen LogP contribution in [0.5, 0.6) is 0 Å². The molecule has 0 unspecified atom stereocenters. The lowest BCUT2D eigenvalue weighted by molar-refractivity contribution is -0.123. The van der Waals surface area contributed by atoms with E-state index >= 15 is 0 Å². The Morgan fingerprint density at radius 1 is 0.971 bits per heavy atom. The molecule has 1 saturated heterocycles. The van der Waals surface area contributed by atoms with Gasteiger partial charge in [-0.05, 0) is 78.4 Å². The van der Waals surface area contributed by atoms with Crippen molar-refractivity contribution >= 4 is 41.2 Å². The molecule has 0 radical (unpaired) electrons. The SMILES string of the molecule is Cc1cc(C=C2NC(=O)N(Cc3cc(Cl)ccc3Cl)C2=O)c(C)n1-c1ccc(C(C)(C)C)cc1. The molecule has 2 aromatic carbocycles. The summed E-state index contributed by atoms with van der Waals surface area (Å²) >= 11 is 12.3. The van der Waals surface area contributed by atoms with Crippen LogP contribution in [-0.2, 0) is 16.8 Å². The van der Waals surface area contributed by atoms with E-state index in [-0.39, 0.29) is 17.7 Å². The number of amides is 3. The number of halogens is 2. The van der Waals surface area contributed by atoms with Crippen LogP contribution in [0.3, 0.4) is 0 Å². The van der Waals surface area contributed by atoms with Crippen LogP contribution in [0.15, 0.2) is 54.2 Å². The molecule has 3 aromatic rings. The lowest BCUT2D eigenvalue weighted by atomic mass is 9.87. The topological polar surface area (TPSA) is 54.3 Å². The van der Waals surface area contributed by atoms with E-state index in [2.05, 4.69) is 54.9 Å². The Morgan fingerprint density at radius 2 is 1.65 bits per heavy atom.